The summed E-state index contributed by atoms with van der Waals surface area (Å²) < 4.78 is 18.2. The van der Waals surface area contributed by atoms with E-state index in [1.807, 2.05) is 0 Å². The van der Waals surface area contributed by atoms with Crippen molar-refractivity contribution in [3.8, 4) is 0 Å². The first-order valence-electron chi connectivity index (χ1n) is 9.12. The van der Waals surface area contributed by atoms with Crippen molar-refractivity contribution in [1.29, 1.82) is 0 Å². The first-order valence-corrected chi connectivity index (χ1v) is 9.12. The molecule has 2 fully saturated rings. The highest BCUT2D eigenvalue weighted by Crippen LogP contribution is 2.40. The van der Waals surface area contributed by atoms with Crippen LogP contribution in [0.2, 0.25) is 0 Å². The van der Waals surface area contributed by atoms with E-state index in [4.69, 9.17) is 14.0 Å². The lowest BCUT2D eigenvalue weighted by Crippen LogP contribution is -2.50. The van der Waals surface area contributed by atoms with E-state index in [1.54, 1.807) is 0 Å². The van der Waals surface area contributed by atoms with Crippen molar-refractivity contribution in [1.82, 2.24) is 4.90 Å². The molecule has 1 aliphatic carbocycles. The van der Waals surface area contributed by atoms with Gasteiger partial charge in [-0.1, -0.05) is 6.08 Å². The Hall–Kier alpha value is -0.355. The van der Waals surface area contributed by atoms with Crippen LogP contribution in [0.4, 0.5) is 0 Å². The van der Waals surface area contributed by atoms with Gasteiger partial charge in [-0.2, -0.15) is 0 Å². The molecule has 4 nitrogen and oxygen atoms in total. The molecule has 2 aliphatic heterocycles. The maximum atomic E-state index is 6.19. The molecule has 3 atom stereocenters. The zero-order valence-electron chi connectivity index (χ0n) is 15.6. The smallest absolute Gasteiger partial charge is 0.400 e. The van der Waals surface area contributed by atoms with Gasteiger partial charge in [-0.05, 0) is 66.3 Å². The Morgan fingerprint density at radius 2 is 1.61 bits per heavy atom. The van der Waals surface area contributed by atoms with Crippen LogP contribution in [0.15, 0.2) is 11.5 Å². The van der Waals surface area contributed by atoms with E-state index in [1.165, 1.54) is 11.9 Å². The fourth-order valence-corrected chi connectivity index (χ4v) is 3.90. The molecule has 3 unspecified atom stereocenters. The standard InChI is InChI=1S/C18H32BNO3/c1-13-11-20(12-14(2)21-13)16-9-7-15(8-10-16)19-22-17(3,4)18(5,6)23-19/h7,13-14,16H,8-12H2,1-6H3. The van der Waals surface area contributed by atoms with Gasteiger partial charge in [0.05, 0.1) is 23.4 Å². The van der Waals surface area contributed by atoms with Crippen LogP contribution in [0.25, 0.3) is 0 Å². The molecule has 130 valence electrons. The van der Waals surface area contributed by atoms with Crippen molar-refractivity contribution < 1.29 is 14.0 Å². The lowest BCUT2D eigenvalue weighted by molar-refractivity contribution is -0.0812. The summed E-state index contributed by atoms with van der Waals surface area (Å²) in [4.78, 5) is 2.61. The van der Waals surface area contributed by atoms with Crippen LogP contribution >= 0.6 is 0 Å². The third kappa shape index (κ3) is 3.53. The number of allylic oxidation sites excluding steroid dienone is 1. The molecular formula is C18H32BNO3. The molecule has 0 amide bonds. The zero-order valence-corrected chi connectivity index (χ0v) is 15.6. The normalized spacial score (nSPS) is 37.7. The second-order valence-corrected chi connectivity index (χ2v) is 8.51. The summed E-state index contributed by atoms with van der Waals surface area (Å²) in [5, 5.41) is 0. The third-order valence-corrected chi connectivity index (χ3v) is 5.94. The monoisotopic (exact) mass is 321 g/mol. The molecule has 2 heterocycles. The summed E-state index contributed by atoms with van der Waals surface area (Å²) in [5.41, 5.74) is 0.837. The Labute approximate surface area is 141 Å². The molecular weight excluding hydrogens is 289 g/mol. The van der Waals surface area contributed by atoms with Crippen molar-refractivity contribution >= 4 is 7.12 Å². The third-order valence-electron chi connectivity index (χ3n) is 5.94. The predicted molar refractivity (Wildman–Crippen MR) is 93.4 cm³/mol. The molecule has 3 aliphatic rings. The fraction of sp³-hybridized carbons (Fsp3) is 0.889. The number of morpholine rings is 1. The highest BCUT2D eigenvalue weighted by Gasteiger charge is 2.52. The lowest BCUT2D eigenvalue weighted by atomic mass is 9.71. The van der Waals surface area contributed by atoms with Crippen molar-refractivity contribution in [2.45, 2.75) is 90.3 Å². The van der Waals surface area contributed by atoms with Gasteiger partial charge in [0.1, 0.15) is 0 Å². The molecule has 23 heavy (non-hydrogen) atoms. The molecule has 0 N–H and O–H groups in total. The topological polar surface area (TPSA) is 30.9 Å². The molecule has 2 saturated heterocycles. The number of nitrogens with zero attached hydrogens (tertiary/aromatic N) is 1. The summed E-state index contributed by atoms with van der Waals surface area (Å²) in [6.07, 6.45) is 6.40. The molecule has 0 aromatic rings. The van der Waals surface area contributed by atoms with E-state index >= 15 is 0 Å². The average Bonchev–Trinajstić information content (AvgIpc) is 2.66. The van der Waals surface area contributed by atoms with Gasteiger partial charge in [-0.15, -0.1) is 0 Å². The summed E-state index contributed by atoms with van der Waals surface area (Å²) in [7, 11) is -0.163. The van der Waals surface area contributed by atoms with Gasteiger partial charge in [-0.3, -0.25) is 4.90 Å². The first kappa shape index (κ1) is 17.5. The summed E-state index contributed by atoms with van der Waals surface area (Å²) in [5.74, 6) is 0. The summed E-state index contributed by atoms with van der Waals surface area (Å²) in [6.45, 7) is 14.9. The summed E-state index contributed by atoms with van der Waals surface area (Å²) >= 11 is 0. The molecule has 0 radical (unpaired) electrons. The minimum absolute atomic E-state index is 0.163. The van der Waals surface area contributed by atoms with E-state index in [0.717, 1.165) is 25.9 Å². The van der Waals surface area contributed by atoms with Gasteiger partial charge in [0.15, 0.2) is 0 Å². The predicted octanol–water partition coefficient (Wildman–Crippen LogP) is 3.21. The minimum atomic E-state index is -0.246. The van der Waals surface area contributed by atoms with E-state index in [9.17, 15) is 0 Å². The van der Waals surface area contributed by atoms with Crippen LogP contribution < -0.4 is 0 Å². The van der Waals surface area contributed by atoms with Crippen LogP contribution in [-0.2, 0) is 14.0 Å². The first-order chi connectivity index (χ1) is 10.7. The number of rotatable bonds is 2. The van der Waals surface area contributed by atoms with Gasteiger partial charge in [0, 0.05) is 19.1 Å². The van der Waals surface area contributed by atoms with Crippen molar-refractivity contribution in [2.75, 3.05) is 13.1 Å². The van der Waals surface area contributed by atoms with Crippen LogP contribution in [0, 0.1) is 0 Å². The summed E-state index contributed by atoms with van der Waals surface area (Å²) in [6, 6.07) is 0.634. The van der Waals surface area contributed by atoms with Gasteiger partial charge < -0.3 is 14.0 Å². The van der Waals surface area contributed by atoms with Gasteiger partial charge in [0.25, 0.3) is 0 Å². The van der Waals surface area contributed by atoms with Crippen molar-refractivity contribution in [2.24, 2.45) is 0 Å². The van der Waals surface area contributed by atoms with Crippen LogP contribution in [0.1, 0.15) is 60.8 Å². The largest absolute Gasteiger partial charge is 0.490 e. The average molecular weight is 321 g/mol. The van der Waals surface area contributed by atoms with Gasteiger partial charge in [0.2, 0.25) is 0 Å². The highest BCUT2D eigenvalue weighted by atomic mass is 16.7. The molecule has 3 rings (SSSR count). The quantitative estimate of drug-likeness (QED) is 0.731. The van der Waals surface area contributed by atoms with Gasteiger partial charge >= 0.3 is 7.12 Å². The number of hydrogen-bond acceptors (Lipinski definition) is 4. The molecule has 0 spiro atoms. The van der Waals surface area contributed by atoms with E-state index in [0.29, 0.717) is 18.2 Å². The minimum Gasteiger partial charge on any atom is -0.400 e. The lowest BCUT2D eigenvalue weighted by Gasteiger charge is -2.41. The second-order valence-electron chi connectivity index (χ2n) is 8.51. The highest BCUT2D eigenvalue weighted by molar-refractivity contribution is 6.54. The number of hydrogen-bond donors (Lipinski definition) is 0. The molecule has 5 heteroatoms. The molecule has 0 bridgehead atoms. The Morgan fingerprint density at radius 1 is 1.04 bits per heavy atom. The zero-order chi connectivity index (χ0) is 16.8. The van der Waals surface area contributed by atoms with E-state index in [-0.39, 0.29) is 18.3 Å². The van der Waals surface area contributed by atoms with Crippen molar-refractivity contribution in [3.63, 3.8) is 0 Å². The van der Waals surface area contributed by atoms with Gasteiger partial charge in [-0.25, -0.2) is 0 Å². The van der Waals surface area contributed by atoms with Crippen LogP contribution in [-0.4, -0.2) is 54.6 Å². The second kappa shape index (κ2) is 6.18. The maximum absolute atomic E-state index is 6.19. The molecule has 0 aromatic heterocycles. The van der Waals surface area contributed by atoms with E-state index < -0.39 is 0 Å². The molecule has 0 saturated carbocycles. The SMILES string of the molecule is CC1CN(C2CC=C(B3OC(C)(C)C(C)(C)O3)CC2)CC(C)O1. The Bertz CT molecular complexity index is 451. The van der Waals surface area contributed by atoms with Crippen molar-refractivity contribution in [3.05, 3.63) is 11.5 Å². The molecule has 0 aromatic carbocycles. The van der Waals surface area contributed by atoms with E-state index in [2.05, 4.69) is 52.5 Å². The Kier molecular flexibility index (Phi) is 4.69. The van der Waals surface area contributed by atoms with Crippen LogP contribution in [0.3, 0.4) is 0 Å². The number of ether oxygens (including phenoxy) is 1. The fourth-order valence-electron chi connectivity index (χ4n) is 3.90. The Morgan fingerprint density at radius 3 is 2.09 bits per heavy atom. The Balaban J connectivity index is 1.61. The van der Waals surface area contributed by atoms with Crippen LogP contribution in [0.5, 0.6) is 0 Å². The maximum Gasteiger partial charge on any atom is 0.490 e.